The van der Waals surface area contributed by atoms with Crippen LogP contribution in [0.3, 0.4) is 0 Å². The van der Waals surface area contributed by atoms with Crippen LogP contribution in [0, 0.1) is 6.42 Å². The summed E-state index contributed by atoms with van der Waals surface area (Å²) in [7, 11) is 1.33. The normalized spacial score (nSPS) is 20.9. The number of nitrogens with zero attached hydrogens (tertiary/aromatic N) is 1. The van der Waals surface area contributed by atoms with Crippen LogP contribution < -0.4 is 14.8 Å². The first-order chi connectivity index (χ1) is 15.8. The molecule has 33 heavy (non-hydrogen) atoms. The number of rotatable bonds is 5. The van der Waals surface area contributed by atoms with Gasteiger partial charge in [0.2, 0.25) is 5.75 Å². The van der Waals surface area contributed by atoms with Crippen LogP contribution in [0.1, 0.15) is 35.8 Å². The van der Waals surface area contributed by atoms with Gasteiger partial charge in [0.05, 0.1) is 13.0 Å². The molecule has 173 valence electrons. The number of carbonyl (C=O) groups excluding carboxylic acids is 4. The van der Waals surface area contributed by atoms with E-state index in [1.54, 1.807) is 37.6 Å². The van der Waals surface area contributed by atoms with E-state index in [4.69, 9.17) is 18.9 Å². The molecule has 0 saturated carbocycles. The summed E-state index contributed by atoms with van der Waals surface area (Å²) in [5.41, 5.74) is 0.393. The largest absolute Gasteiger partial charge is 0.493 e. The molecule has 1 aliphatic heterocycles. The van der Waals surface area contributed by atoms with E-state index in [9.17, 15) is 19.2 Å². The molecule has 1 amide bonds. The van der Waals surface area contributed by atoms with Gasteiger partial charge in [-0.15, -0.1) is 0 Å². The molecule has 1 aromatic heterocycles. The Hall–Kier alpha value is -3.95. The Labute approximate surface area is 190 Å². The smallest absolute Gasteiger partial charge is 0.332 e. The number of ether oxygens (including phenoxy) is 4. The van der Waals surface area contributed by atoms with Gasteiger partial charge in [-0.3, -0.25) is 14.4 Å². The maximum absolute atomic E-state index is 12.9. The maximum atomic E-state index is 12.9. The van der Waals surface area contributed by atoms with Gasteiger partial charge < -0.3 is 24.3 Å². The van der Waals surface area contributed by atoms with Crippen molar-refractivity contribution in [3.8, 4) is 11.5 Å². The zero-order valence-corrected chi connectivity index (χ0v) is 18.3. The number of benzene rings is 1. The van der Waals surface area contributed by atoms with Crippen molar-refractivity contribution in [1.82, 2.24) is 10.3 Å². The molecule has 1 aromatic carbocycles. The molecule has 10 heteroatoms. The second-order valence-corrected chi connectivity index (χ2v) is 7.16. The fraction of sp³-hybridized carbons (Fsp3) is 0.304. The molecule has 0 bridgehead atoms. The van der Waals surface area contributed by atoms with Crippen molar-refractivity contribution in [3.63, 3.8) is 0 Å². The summed E-state index contributed by atoms with van der Waals surface area (Å²) in [4.78, 5) is 53.7. The second-order valence-electron chi connectivity index (χ2n) is 7.16. The van der Waals surface area contributed by atoms with Gasteiger partial charge in [0.25, 0.3) is 5.91 Å². The molecule has 2 aromatic rings. The van der Waals surface area contributed by atoms with E-state index >= 15 is 0 Å². The topological polar surface area (TPSA) is 130 Å². The fourth-order valence-electron chi connectivity index (χ4n) is 3.21. The van der Waals surface area contributed by atoms with Crippen LogP contribution in [0.25, 0.3) is 0 Å². The number of hydrogen-bond donors (Lipinski definition) is 1. The lowest BCUT2D eigenvalue weighted by molar-refractivity contribution is -0.151. The number of pyridine rings is 1. The van der Waals surface area contributed by atoms with Crippen molar-refractivity contribution in [3.05, 3.63) is 60.3 Å². The van der Waals surface area contributed by atoms with Gasteiger partial charge in [-0.05, 0) is 12.5 Å². The van der Waals surface area contributed by atoms with Gasteiger partial charge in [0.15, 0.2) is 17.5 Å². The number of cyclic esters (lactones) is 2. The third-order valence-corrected chi connectivity index (χ3v) is 4.71. The third kappa shape index (κ3) is 5.85. The molecule has 0 aliphatic carbocycles. The molecular weight excluding hydrogens is 432 g/mol. The Balaban J connectivity index is 1.81. The Morgan fingerprint density at radius 3 is 2.52 bits per heavy atom. The van der Waals surface area contributed by atoms with Crippen LogP contribution in [0.4, 0.5) is 0 Å². The van der Waals surface area contributed by atoms with Crippen LogP contribution in [-0.2, 0) is 23.9 Å². The molecule has 1 aliphatic rings. The van der Waals surface area contributed by atoms with Crippen molar-refractivity contribution < 1.29 is 38.1 Å². The van der Waals surface area contributed by atoms with Crippen LogP contribution in [0.15, 0.2) is 42.6 Å². The summed E-state index contributed by atoms with van der Waals surface area (Å²) in [5, 5.41) is 2.43. The minimum absolute atomic E-state index is 0.0998. The van der Waals surface area contributed by atoms with E-state index in [0.29, 0.717) is 5.56 Å². The first-order valence-electron chi connectivity index (χ1n) is 10.1. The highest BCUT2D eigenvalue weighted by Crippen LogP contribution is 2.30. The Morgan fingerprint density at radius 2 is 1.85 bits per heavy atom. The average molecular weight is 455 g/mol. The van der Waals surface area contributed by atoms with Crippen molar-refractivity contribution in [2.45, 2.75) is 31.9 Å². The predicted octanol–water partition coefficient (Wildman–Crippen LogP) is 1.59. The zero-order chi connectivity index (χ0) is 24.0. The maximum Gasteiger partial charge on any atom is 0.332 e. The Morgan fingerprint density at radius 1 is 1.12 bits per heavy atom. The van der Waals surface area contributed by atoms with Gasteiger partial charge in [-0.1, -0.05) is 30.3 Å². The van der Waals surface area contributed by atoms with Crippen LogP contribution in [0.2, 0.25) is 0 Å². The summed E-state index contributed by atoms with van der Waals surface area (Å²) in [6.07, 6.45) is 2.10. The van der Waals surface area contributed by atoms with E-state index in [1.165, 1.54) is 19.4 Å². The summed E-state index contributed by atoms with van der Waals surface area (Å²) in [6.45, 7) is 2.30. The first kappa shape index (κ1) is 23.7. The van der Waals surface area contributed by atoms with Gasteiger partial charge >= 0.3 is 17.9 Å². The van der Waals surface area contributed by atoms with Crippen molar-refractivity contribution in [1.29, 1.82) is 0 Å². The molecule has 3 atom stereocenters. The average Bonchev–Trinajstić information content (AvgIpc) is 2.84. The van der Waals surface area contributed by atoms with Crippen LogP contribution in [0.5, 0.6) is 11.5 Å². The Bertz CT molecular complexity index is 1040. The minimum Gasteiger partial charge on any atom is -0.493 e. The predicted molar refractivity (Wildman–Crippen MR) is 113 cm³/mol. The highest BCUT2D eigenvalue weighted by molar-refractivity contribution is 5.99. The summed E-state index contributed by atoms with van der Waals surface area (Å²) < 4.78 is 20.9. The lowest BCUT2D eigenvalue weighted by atomic mass is 9.93. The van der Waals surface area contributed by atoms with E-state index in [1.807, 2.05) is 6.07 Å². The molecule has 1 fully saturated rings. The summed E-state index contributed by atoms with van der Waals surface area (Å²) in [5.74, 6) is -3.79. The molecule has 1 saturated heterocycles. The molecule has 1 radical (unpaired) electrons. The molecular formula is C23H23N2O8. The standard InChI is InChI=1S/C23H23N2O8/c1-13-11-16(15-7-5-4-6-8-15)22(28)31-12-17(23(29)32-13)25-21(27)19-20(33-14(2)26)18(30-3)9-10-24-19/h4-11,13,16-17H,12H2,1-3H3,(H,25,27)/t13-,16+,17-/m0/s1. The highest BCUT2D eigenvalue weighted by atomic mass is 16.6. The highest BCUT2D eigenvalue weighted by Gasteiger charge is 2.34. The van der Waals surface area contributed by atoms with E-state index in [0.717, 1.165) is 6.92 Å². The molecule has 10 nitrogen and oxygen atoms in total. The van der Waals surface area contributed by atoms with Gasteiger partial charge in [0, 0.05) is 25.6 Å². The lowest BCUT2D eigenvalue weighted by Gasteiger charge is -2.19. The number of esters is 3. The van der Waals surface area contributed by atoms with Crippen LogP contribution >= 0.6 is 0 Å². The van der Waals surface area contributed by atoms with Gasteiger partial charge in [-0.2, -0.15) is 0 Å². The molecule has 3 rings (SSSR count). The van der Waals surface area contributed by atoms with Gasteiger partial charge in [-0.25, -0.2) is 9.78 Å². The molecule has 0 unspecified atom stereocenters. The van der Waals surface area contributed by atoms with Gasteiger partial charge in [0.1, 0.15) is 12.7 Å². The third-order valence-electron chi connectivity index (χ3n) is 4.71. The van der Waals surface area contributed by atoms with E-state index in [-0.39, 0.29) is 17.2 Å². The van der Waals surface area contributed by atoms with Crippen molar-refractivity contribution in [2.75, 3.05) is 13.7 Å². The summed E-state index contributed by atoms with van der Waals surface area (Å²) >= 11 is 0. The fourth-order valence-corrected chi connectivity index (χ4v) is 3.21. The second kappa shape index (κ2) is 10.6. The molecule has 1 N–H and O–H groups in total. The minimum atomic E-state index is -1.31. The van der Waals surface area contributed by atoms with E-state index < -0.39 is 48.5 Å². The number of carbonyl (C=O) groups is 4. The number of amides is 1. The number of nitrogens with one attached hydrogen (secondary N) is 1. The number of methoxy groups -OCH3 is 1. The first-order valence-corrected chi connectivity index (χ1v) is 10.1. The monoisotopic (exact) mass is 455 g/mol. The number of aromatic nitrogens is 1. The van der Waals surface area contributed by atoms with E-state index in [2.05, 4.69) is 10.3 Å². The lowest BCUT2D eigenvalue weighted by Crippen LogP contribution is -2.46. The SMILES string of the molecule is COc1ccnc(C(=O)N[C@H]2COC(=O)[C@@H](c3ccccc3)[CH][C@H](C)OC2=O)c1OC(C)=O. The molecule has 2 heterocycles. The van der Waals surface area contributed by atoms with Crippen molar-refractivity contribution in [2.24, 2.45) is 0 Å². The summed E-state index contributed by atoms with van der Waals surface area (Å²) in [6, 6.07) is 9.00. The molecule has 0 spiro atoms. The van der Waals surface area contributed by atoms with Crippen LogP contribution in [-0.4, -0.2) is 54.7 Å². The van der Waals surface area contributed by atoms with Crippen molar-refractivity contribution >= 4 is 23.8 Å². The quantitative estimate of drug-likeness (QED) is 0.668. The Kier molecular flexibility index (Phi) is 7.60. The zero-order valence-electron chi connectivity index (χ0n) is 18.3. The number of hydrogen-bond acceptors (Lipinski definition) is 9.